The van der Waals surface area contributed by atoms with Gasteiger partial charge in [0.05, 0.1) is 16.4 Å². The maximum atomic E-state index is 6.74. The molecule has 0 saturated carbocycles. The Morgan fingerprint density at radius 2 is 1.12 bits per heavy atom. The molecule has 0 spiro atoms. The molecule has 0 aliphatic carbocycles. The van der Waals surface area contributed by atoms with Crippen molar-refractivity contribution in [1.29, 1.82) is 0 Å². The van der Waals surface area contributed by atoms with Crippen LogP contribution < -0.4 is 0 Å². The molecule has 0 saturated heterocycles. The third kappa shape index (κ3) is 3.89. The Bertz CT molecular complexity index is 3100. The Balaban J connectivity index is 1.11. The van der Waals surface area contributed by atoms with E-state index in [2.05, 4.69) is 144 Å². The zero-order chi connectivity index (χ0) is 32.1. The molecule has 0 fully saturated rings. The molecule has 49 heavy (non-hydrogen) atoms. The Hall–Kier alpha value is -6.65. The first-order chi connectivity index (χ1) is 24.3. The van der Waals surface area contributed by atoms with Crippen molar-refractivity contribution in [3.63, 3.8) is 0 Å². The van der Waals surface area contributed by atoms with Crippen LogP contribution >= 0.6 is 0 Å². The first-order valence-corrected chi connectivity index (χ1v) is 16.5. The predicted octanol–water partition coefficient (Wildman–Crippen LogP) is 12.5. The van der Waals surface area contributed by atoms with Gasteiger partial charge in [0, 0.05) is 33.0 Å². The van der Waals surface area contributed by atoms with E-state index in [-0.39, 0.29) is 0 Å². The molecule has 8 aromatic carbocycles. The third-order valence-electron chi connectivity index (χ3n) is 9.98. The Kier molecular flexibility index (Phi) is 5.35. The molecule has 11 rings (SSSR count). The summed E-state index contributed by atoms with van der Waals surface area (Å²) in [5.74, 6) is 0.578. The SMILES string of the molecule is c1ccc2cc(-c3cc4oc5ccccc5c4c4nc(-c5ccc(-n6c7ccccc7c7cc8ccccc8cc76)cc5)oc34)ccc2c1. The molecule has 0 aliphatic rings. The van der Waals surface area contributed by atoms with Crippen molar-refractivity contribution in [2.24, 2.45) is 0 Å². The molecular weight excluding hydrogens is 601 g/mol. The van der Waals surface area contributed by atoms with Gasteiger partial charge in [-0.1, -0.05) is 97.1 Å². The molecule has 3 aromatic heterocycles. The minimum atomic E-state index is 0.578. The van der Waals surface area contributed by atoms with Gasteiger partial charge in [-0.3, -0.25) is 0 Å². The molecule has 0 radical (unpaired) electrons. The fourth-order valence-corrected chi connectivity index (χ4v) is 7.66. The van der Waals surface area contributed by atoms with Gasteiger partial charge >= 0.3 is 0 Å². The number of para-hydroxylation sites is 2. The highest BCUT2D eigenvalue weighted by Gasteiger charge is 2.21. The van der Waals surface area contributed by atoms with Crippen molar-refractivity contribution >= 4 is 76.4 Å². The molecule has 4 nitrogen and oxygen atoms in total. The smallest absolute Gasteiger partial charge is 0.227 e. The van der Waals surface area contributed by atoms with Gasteiger partial charge in [-0.15, -0.1) is 0 Å². The summed E-state index contributed by atoms with van der Waals surface area (Å²) in [5, 5.41) is 9.32. The minimum absolute atomic E-state index is 0.578. The maximum absolute atomic E-state index is 6.74. The van der Waals surface area contributed by atoms with E-state index in [1.807, 2.05) is 18.2 Å². The van der Waals surface area contributed by atoms with Crippen LogP contribution in [0, 0.1) is 0 Å². The van der Waals surface area contributed by atoms with E-state index < -0.39 is 0 Å². The van der Waals surface area contributed by atoms with Gasteiger partial charge in [0.2, 0.25) is 5.89 Å². The van der Waals surface area contributed by atoms with Crippen molar-refractivity contribution in [3.8, 4) is 28.3 Å². The van der Waals surface area contributed by atoms with Crippen LogP contribution in [0.15, 0.2) is 167 Å². The minimum Gasteiger partial charge on any atom is -0.456 e. The lowest BCUT2D eigenvalue weighted by molar-refractivity contribution is 0.620. The van der Waals surface area contributed by atoms with Crippen molar-refractivity contribution in [2.45, 2.75) is 0 Å². The summed E-state index contributed by atoms with van der Waals surface area (Å²) < 4.78 is 15.5. The van der Waals surface area contributed by atoms with E-state index in [1.54, 1.807) is 0 Å². The van der Waals surface area contributed by atoms with Crippen LogP contribution in [-0.4, -0.2) is 9.55 Å². The van der Waals surface area contributed by atoms with Crippen molar-refractivity contribution < 1.29 is 8.83 Å². The van der Waals surface area contributed by atoms with Gasteiger partial charge in [-0.2, -0.15) is 0 Å². The van der Waals surface area contributed by atoms with Crippen molar-refractivity contribution in [3.05, 3.63) is 158 Å². The average Bonchev–Trinajstić information content (AvgIpc) is 3.85. The summed E-state index contributed by atoms with van der Waals surface area (Å²) >= 11 is 0. The zero-order valence-electron chi connectivity index (χ0n) is 26.2. The van der Waals surface area contributed by atoms with Crippen molar-refractivity contribution in [2.75, 3.05) is 0 Å². The summed E-state index contributed by atoms with van der Waals surface area (Å²) in [7, 11) is 0. The summed E-state index contributed by atoms with van der Waals surface area (Å²) in [5.41, 5.74) is 9.57. The number of benzene rings is 8. The molecular formula is C45H26N2O2. The second-order valence-electron chi connectivity index (χ2n) is 12.8. The van der Waals surface area contributed by atoms with E-state index >= 15 is 0 Å². The number of furan rings is 1. The quantitative estimate of drug-likeness (QED) is 0.196. The standard InChI is InChI=1S/C45H26N2O2/c1-2-10-29-23-32(18-17-27(29)9-1)36-26-41-42(35-14-6-8-16-40(35)48-41)43-44(36)49-45(46-43)28-19-21-33(22-20-28)47-38-15-7-5-13-34(38)37-24-30-11-3-4-12-31(30)25-39(37)47/h1-26H. The molecule has 4 heteroatoms. The highest BCUT2D eigenvalue weighted by Crippen LogP contribution is 2.42. The Morgan fingerprint density at radius 1 is 0.449 bits per heavy atom. The van der Waals surface area contributed by atoms with Gasteiger partial charge < -0.3 is 13.4 Å². The zero-order valence-corrected chi connectivity index (χ0v) is 26.2. The summed E-state index contributed by atoms with van der Waals surface area (Å²) in [6.07, 6.45) is 0. The van der Waals surface area contributed by atoms with Crippen LogP contribution in [0.25, 0.3) is 105 Å². The van der Waals surface area contributed by atoms with Gasteiger partial charge in [-0.05, 0) is 87.8 Å². The molecule has 0 atom stereocenters. The molecule has 11 aromatic rings. The first kappa shape index (κ1) is 26.4. The van der Waals surface area contributed by atoms with Crippen LogP contribution in [0.5, 0.6) is 0 Å². The largest absolute Gasteiger partial charge is 0.456 e. The molecule has 0 N–H and O–H groups in total. The second kappa shape index (κ2) is 9.93. The summed E-state index contributed by atoms with van der Waals surface area (Å²) in [6, 6.07) is 55.5. The van der Waals surface area contributed by atoms with E-state index in [1.165, 1.54) is 43.4 Å². The lowest BCUT2D eigenvalue weighted by Gasteiger charge is -2.09. The highest BCUT2D eigenvalue weighted by atomic mass is 16.4. The van der Waals surface area contributed by atoms with Crippen molar-refractivity contribution in [1.82, 2.24) is 9.55 Å². The van der Waals surface area contributed by atoms with Crippen LogP contribution in [0.1, 0.15) is 0 Å². The highest BCUT2D eigenvalue weighted by molar-refractivity contribution is 6.20. The maximum Gasteiger partial charge on any atom is 0.227 e. The fourth-order valence-electron chi connectivity index (χ4n) is 7.66. The lowest BCUT2D eigenvalue weighted by atomic mass is 9.99. The number of nitrogens with zero attached hydrogens (tertiary/aromatic N) is 2. The Labute approximate surface area is 280 Å². The fraction of sp³-hybridized carbons (Fsp3) is 0. The molecule has 228 valence electrons. The molecule has 0 amide bonds. The van der Waals surface area contributed by atoms with E-state index in [0.717, 1.165) is 55.4 Å². The van der Waals surface area contributed by atoms with Crippen LogP contribution in [0.4, 0.5) is 0 Å². The molecule has 0 aliphatic heterocycles. The van der Waals surface area contributed by atoms with E-state index in [9.17, 15) is 0 Å². The first-order valence-electron chi connectivity index (χ1n) is 16.5. The van der Waals surface area contributed by atoms with Crippen LogP contribution in [-0.2, 0) is 0 Å². The monoisotopic (exact) mass is 626 g/mol. The number of fused-ring (bicyclic) bond motifs is 10. The Morgan fingerprint density at radius 3 is 1.96 bits per heavy atom. The number of hydrogen-bond donors (Lipinski definition) is 0. The number of oxazole rings is 1. The lowest BCUT2D eigenvalue weighted by Crippen LogP contribution is -1.93. The molecule has 0 unspecified atom stereocenters. The van der Waals surface area contributed by atoms with Gasteiger partial charge in [-0.25, -0.2) is 4.98 Å². The topological polar surface area (TPSA) is 44.1 Å². The van der Waals surface area contributed by atoms with Gasteiger partial charge in [0.1, 0.15) is 16.7 Å². The van der Waals surface area contributed by atoms with Crippen LogP contribution in [0.3, 0.4) is 0 Å². The van der Waals surface area contributed by atoms with E-state index in [0.29, 0.717) is 5.89 Å². The van der Waals surface area contributed by atoms with Crippen LogP contribution in [0.2, 0.25) is 0 Å². The van der Waals surface area contributed by atoms with Gasteiger partial charge in [0.15, 0.2) is 5.58 Å². The second-order valence-corrected chi connectivity index (χ2v) is 12.8. The third-order valence-corrected chi connectivity index (χ3v) is 9.98. The van der Waals surface area contributed by atoms with Gasteiger partial charge in [0.25, 0.3) is 0 Å². The number of aromatic nitrogens is 2. The average molecular weight is 627 g/mol. The predicted molar refractivity (Wildman–Crippen MR) is 202 cm³/mol. The number of rotatable bonds is 3. The molecule has 0 bridgehead atoms. The summed E-state index contributed by atoms with van der Waals surface area (Å²) in [6.45, 7) is 0. The summed E-state index contributed by atoms with van der Waals surface area (Å²) in [4.78, 5) is 5.17. The normalized spacial score (nSPS) is 12.1. The number of hydrogen-bond acceptors (Lipinski definition) is 3. The molecule has 3 heterocycles. The van der Waals surface area contributed by atoms with E-state index in [4.69, 9.17) is 13.8 Å².